The van der Waals surface area contributed by atoms with E-state index < -0.39 is 102 Å². The molecular formula is C106H152N12O31. The highest BCUT2D eigenvalue weighted by molar-refractivity contribution is 6.09. The molecule has 1 unspecified atom stereocenters. The number of likely N-dealkylation sites (tertiary alicyclic amines) is 1. The van der Waals surface area contributed by atoms with Crippen LogP contribution in [0.3, 0.4) is 0 Å². The van der Waals surface area contributed by atoms with Crippen molar-refractivity contribution in [3.8, 4) is 23.0 Å². The zero-order valence-electron chi connectivity index (χ0n) is 87.7. The van der Waals surface area contributed by atoms with Gasteiger partial charge in [-0.15, -0.1) is 0 Å². The Bertz CT molecular complexity index is 5080. The van der Waals surface area contributed by atoms with Gasteiger partial charge in [0.25, 0.3) is 11.8 Å². The molecule has 5 heterocycles. The van der Waals surface area contributed by atoms with E-state index in [1.807, 2.05) is 6.92 Å². The first-order valence-corrected chi connectivity index (χ1v) is 51.6. The van der Waals surface area contributed by atoms with Crippen LogP contribution in [0.15, 0.2) is 96.3 Å². The number of nitrogens with one attached hydrogen (secondary N) is 7. The number of benzene rings is 4. The van der Waals surface area contributed by atoms with Crippen molar-refractivity contribution in [1.82, 2.24) is 41.3 Å². The number of amides is 13. The summed E-state index contributed by atoms with van der Waals surface area (Å²) in [4.78, 5) is 182. The van der Waals surface area contributed by atoms with Crippen LogP contribution in [0.1, 0.15) is 196 Å². The highest BCUT2D eigenvalue weighted by Gasteiger charge is 2.49. The average molecular weight is 2090 g/mol. The van der Waals surface area contributed by atoms with Crippen molar-refractivity contribution in [3.05, 3.63) is 119 Å². The lowest BCUT2D eigenvalue weighted by Gasteiger charge is -2.31. The number of anilines is 4. The van der Waals surface area contributed by atoms with Crippen LogP contribution < -0.4 is 66.0 Å². The Morgan fingerprint density at radius 2 is 0.785 bits per heavy atom. The van der Waals surface area contributed by atoms with Gasteiger partial charge in [-0.1, -0.05) is 102 Å². The summed E-state index contributed by atoms with van der Waals surface area (Å²) in [6.07, 6.45) is 9.30. The van der Waals surface area contributed by atoms with Crippen molar-refractivity contribution in [1.29, 1.82) is 0 Å². The number of rotatable bonds is 63. The SMILES string of the molecule is COCCOCCC(=O)N[C@H](C(=O)N[C@@H](C)C(=O)Nc1ccc(COC(=O)N2c3cc(OCCCCCOc4cc5c(cc4OC)C(=O)N4C=C(C)C[C@H]4[C@H](O)N5C(=O)OCc4ccc(NC(=O)[C@H](C)NC(=O)[C@@H](NC(=O)CCOCCOCCOCCOCCOCCOCCOCCOCCNC(=O)CCN5C(=O)CC(C6CCCCCCCC6)C5=O)C(C)C)cc4)c(OC)cc3C(=O)N3C=C(C)C[C@H]3[C@@H]2O)cc1)C(C)C. The molecule has 0 bridgehead atoms. The van der Waals surface area contributed by atoms with Gasteiger partial charge in [-0.05, 0) is 138 Å². The number of methoxy groups -OCH3 is 3. The Kier molecular flexibility index (Phi) is 49.9. The maximum Gasteiger partial charge on any atom is 0.416 e. The predicted molar refractivity (Wildman–Crippen MR) is 545 cm³/mol. The largest absolute Gasteiger partial charge is 0.493 e. The summed E-state index contributed by atoms with van der Waals surface area (Å²) in [5.74, 6) is -4.60. The third-order valence-corrected chi connectivity index (χ3v) is 26.0. The van der Waals surface area contributed by atoms with Crippen LogP contribution in [0.4, 0.5) is 32.3 Å². The Hall–Kier alpha value is -12.0. The van der Waals surface area contributed by atoms with Crippen LogP contribution in [-0.2, 0) is 113 Å². The lowest BCUT2D eigenvalue weighted by atomic mass is 9.83. The molecule has 10 rings (SSSR count). The van der Waals surface area contributed by atoms with Crippen LogP contribution >= 0.6 is 0 Å². The number of imide groups is 1. The summed E-state index contributed by atoms with van der Waals surface area (Å²) in [7, 11) is 4.34. The van der Waals surface area contributed by atoms with Gasteiger partial charge in [0.2, 0.25) is 53.2 Å². The number of carbonyl (C=O) groups is 13. The van der Waals surface area contributed by atoms with E-state index in [2.05, 4.69) is 37.2 Å². The van der Waals surface area contributed by atoms with Crippen LogP contribution in [-0.4, -0.2) is 324 Å². The minimum absolute atomic E-state index is 0.00368. The van der Waals surface area contributed by atoms with Crippen molar-refractivity contribution in [2.75, 3.05) is 194 Å². The van der Waals surface area contributed by atoms with Gasteiger partial charge in [-0.2, -0.15) is 0 Å². The molecule has 1 saturated carbocycles. The molecule has 43 nitrogen and oxygen atoms in total. The van der Waals surface area contributed by atoms with Crippen LogP contribution in [0.2, 0.25) is 0 Å². The molecule has 0 radical (unpaired) electrons. The Morgan fingerprint density at radius 3 is 1.17 bits per heavy atom. The number of ether oxygens (including phenoxy) is 16. The summed E-state index contributed by atoms with van der Waals surface area (Å²) in [5, 5.41) is 43.4. The molecule has 5 aliphatic heterocycles. The second-order valence-electron chi connectivity index (χ2n) is 38.1. The van der Waals surface area contributed by atoms with Crippen molar-refractivity contribution in [3.63, 3.8) is 0 Å². The van der Waals surface area contributed by atoms with Gasteiger partial charge in [-0.3, -0.25) is 57.6 Å². The third kappa shape index (κ3) is 37.0. The number of fused-ring (bicyclic) bond motifs is 4. The predicted octanol–water partition coefficient (Wildman–Crippen LogP) is 8.89. The second kappa shape index (κ2) is 62.6. The van der Waals surface area contributed by atoms with Crippen LogP contribution in [0.5, 0.6) is 23.0 Å². The summed E-state index contributed by atoms with van der Waals surface area (Å²) in [5.41, 5.74) is 3.29. The highest BCUT2D eigenvalue weighted by Crippen LogP contribution is 2.45. The first-order valence-electron chi connectivity index (χ1n) is 51.6. The van der Waals surface area contributed by atoms with Gasteiger partial charge in [0, 0.05) is 81.8 Å². The lowest BCUT2D eigenvalue weighted by Crippen LogP contribution is -2.53. The number of hydrogen-bond acceptors (Lipinski definition) is 31. The zero-order valence-corrected chi connectivity index (χ0v) is 87.7. The molecule has 2 fully saturated rings. The summed E-state index contributed by atoms with van der Waals surface area (Å²) >= 11 is 0. The standard InChI is InChI=1S/C106H152N12O31/c1-68(2)94(112-91(120)32-38-137-42-41-134-9)98(125)108-72(7)96(123)110-77-27-23-74(24-28-77)66-148-105(132)117-82-62-88(86(135-10)59-80(82)101(128)115-64-70(5)57-84(115)103(117)130)146-36-19-16-20-37-147-89-63-83-81(60-87(89)136-11)102(129)116-65-71(6)58-85(116)104(131)118(83)106(133)149-67-75-25-29-78(30-26-75)111-97(124)73(8)109-99(126)95(69(3)4)113-92(121)33-39-138-43-45-140-47-49-142-51-53-144-55-56-145-54-52-143-50-48-141-46-44-139-40-34-107-90(119)31-35-114-93(122)61-79(100(114)127)76-21-17-14-12-13-15-18-22-76/h23-30,59-60,62-65,68-69,72-73,76,79,84-85,94-95,103-104,130-131H,12-22,31-58,61,66-67H2,1-11H3,(H,107,119)(H,108,125)(H,109,126)(H,110,123)(H,111,124)(H,112,120)(H,113,121)/t72-,73-,79?,84-,85-,94-,95-,103-,104-/m0/s1. The van der Waals surface area contributed by atoms with Gasteiger partial charge in [0.05, 0.1) is 193 Å². The summed E-state index contributed by atoms with van der Waals surface area (Å²) in [6, 6.07) is 12.8. The first kappa shape index (κ1) is 119. The maximum absolute atomic E-state index is 14.5. The number of aliphatic hydroxyl groups is 2. The molecule has 0 spiro atoms. The Balaban J connectivity index is 0.579. The molecule has 822 valence electrons. The minimum Gasteiger partial charge on any atom is -0.493 e. The average Bonchev–Trinajstić information content (AvgIpc) is 1.61. The lowest BCUT2D eigenvalue weighted by molar-refractivity contribution is -0.140. The van der Waals surface area contributed by atoms with Crippen molar-refractivity contribution in [2.24, 2.45) is 23.7 Å². The molecule has 13 amide bonds. The smallest absolute Gasteiger partial charge is 0.416 e. The summed E-state index contributed by atoms with van der Waals surface area (Å²) < 4.78 is 90.7. The molecular weight excluding hydrogens is 1940 g/mol. The minimum atomic E-state index is -1.60. The Labute approximate surface area is 870 Å². The van der Waals surface area contributed by atoms with E-state index in [0.29, 0.717) is 147 Å². The van der Waals surface area contributed by atoms with Crippen molar-refractivity contribution >= 4 is 99.9 Å². The molecule has 9 N–H and O–H groups in total. The fourth-order valence-corrected chi connectivity index (χ4v) is 17.8. The van der Waals surface area contributed by atoms with Crippen LogP contribution in [0.25, 0.3) is 0 Å². The fraction of sp³-hybridized carbons (Fsp3) is 0.613. The van der Waals surface area contributed by atoms with E-state index in [1.165, 1.54) is 99.8 Å². The molecule has 6 aliphatic rings. The number of carbonyl (C=O) groups excluding carboxylic acids is 13. The maximum atomic E-state index is 14.5. The van der Waals surface area contributed by atoms with Crippen LogP contribution in [0, 0.1) is 23.7 Å². The van der Waals surface area contributed by atoms with Crippen molar-refractivity contribution in [2.45, 2.75) is 226 Å². The summed E-state index contributed by atoms with van der Waals surface area (Å²) in [6.45, 7) is 19.8. The van der Waals surface area contributed by atoms with Gasteiger partial charge in [0.1, 0.15) is 37.4 Å². The topological polar surface area (TPSA) is 510 Å². The molecule has 0 aromatic heterocycles. The van der Waals surface area contributed by atoms with E-state index in [9.17, 15) is 72.5 Å². The second-order valence-corrected chi connectivity index (χ2v) is 38.1. The normalized spacial score (nSPS) is 18.1. The Morgan fingerprint density at radius 1 is 0.409 bits per heavy atom. The van der Waals surface area contributed by atoms with E-state index in [1.54, 1.807) is 95.5 Å². The number of unbranched alkanes of at least 4 members (excludes halogenated alkanes) is 2. The monoisotopic (exact) mass is 2090 g/mol. The molecule has 4 aromatic carbocycles. The molecule has 1 aliphatic carbocycles. The quantitative estimate of drug-likeness (QED) is 0.0147. The van der Waals surface area contributed by atoms with Crippen molar-refractivity contribution < 1.29 is 148 Å². The molecule has 1 saturated heterocycles. The van der Waals surface area contributed by atoms with Gasteiger partial charge in [-0.25, -0.2) is 19.4 Å². The van der Waals surface area contributed by atoms with Gasteiger partial charge >= 0.3 is 12.2 Å². The number of aliphatic hydroxyl groups excluding tert-OH is 2. The molecule has 43 heteroatoms. The number of hydrogen-bond donors (Lipinski definition) is 9. The number of nitrogens with zero attached hydrogens (tertiary/aromatic N) is 5. The van der Waals surface area contributed by atoms with E-state index >= 15 is 0 Å². The molecule has 9 atom stereocenters. The zero-order chi connectivity index (χ0) is 107. The van der Waals surface area contributed by atoms with E-state index in [4.69, 9.17) is 75.8 Å². The highest BCUT2D eigenvalue weighted by atomic mass is 16.6. The first-order chi connectivity index (χ1) is 71.9. The molecule has 4 aromatic rings. The third-order valence-electron chi connectivity index (χ3n) is 26.0. The molecule has 149 heavy (non-hydrogen) atoms. The van der Waals surface area contributed by atoms with Gasteiger partial charge in [0.15, 0.2) is 35.5 Å². The van der Waals surface area contributed by atoms with Gasteiger partial charge < -0.3 is 133 Å². The van der Waals surface area contributed by atoms with E-state index in [-0.39, 0.29) is 191 Å². The van der Waals surface area contributed by atoms with E-state index in [0.717, 1.165) is 46.6 Å². The fourth-order valence-electron chi connectivity index (χ4n) is 17.8.